The van der Waals surface area contributed by atoms with Gasteiger partial charge in [-0.25, -0.2) is 0 Å². The largest absolute Gasteiger partial charge is 0.383 e. The summed E-state index contributed by atoms with van der Waals surface area (Å²) in [6, 6.07) is 8.29. The molecule has 2 aromatic rings. The molecule has 1 amide bonds. The van der Waals surface area contributed by atoms with Crippen molar-refractivity contribution in [2.24, 2.45) is 5.92 Å². The van der Waals surface area contributed by atoms with Crippen molar-refractivity contribution >= 4 is 16.7 Å². The highest BCUT2D eigenvalue weighted by Gasteiger charge is 2.29. The Hall–Kier alpha value is -1.94. The van der Waals surface area contributed by atoms with E-state index in [-0.39, 0.29) is 5.91 Å². The number of carbonyl (C=O) groups excluding carboxylic acids is 1. The molecule has 3 rings (SSSR count). The Balaban J connectivity index is 1.73. The molecule has 0 spiro atoms. The molecular formula is C17H20N2O2. The molecule has 1 aliphatic rings. The van der Waals surface area contributed by atoms with Crippen LogP contribution in [0.1, 0.15) is 12.0 Å². The summed E-state index contributed by atoms with van der Waals surface area (Å²) in [7, 11) is 1.67. The summed E-state index contributed by atoms with van der Waals surface area (Å²) in [5, 5.41) is 2.41. The number of fused-ring (bicyclic) bond motifs is 1. The van der Waals surface area contributed by atoms with Crippen molar-refractivity contribution in [3.8, 4) is 0 Å². The summed E-state index contributed by atoms with van der Waals surface area (Å²) in [5.41, 5.74) is 1.24. The summed E-state index contributed by atoms with van der Waals surface area (Å²) >= 11 is 0. The molecule has 4 nitrogen and oxygen atoms in total. The highest BCUT2D eigenvalue weighted by molar-refractivity contribution is 5.85. The van der Waals surface area contributed by atoms with Gasteiger partial charge >= 0.3 is 0 Å². The molecule has 0 saturated carbocycles. The van der Waals surface area contributed by atoms with E-state index in [0.717, 1.165) is 18.4 Å². The average Bonchev–Trinajstić information content (AvgIpc) is 2.85. The fourth-order valence-corrected chi connectivity index (χ4v) is 3.06. The minimum atomic E-state index is 0.241. The molecule has 2 heterocycles. The predicted molar refractivity (Wildman–Crippen MR) is 82.0 cm³/mol. The highest BCUT2D eigenvalue weighted by atomic mass is 16.5. The third-order valence-corrected chi connectivity index (χ3v) is 4.12. The van der Waals surface area contributed by atoms with E-state index in [2.05, 4.69) is 23.2 Å². The van der Waals surface area contributed by atoms with E-state index in [1.165, 1.54) is 10.9 Å². The number of aromatic nitrogens is 1. The first-order valence-corrected chi connectivity index (χ1v) is 7.36. The maximum Gasteiger partial charge on any atom is 0.223 e. The molecule has 0 aliphatic carbocycles. The highest BCUT2D eigenvalue weighted by Crippen LogP contribution is 2.25. The Morgan fingerprint density at radius 2 is 2.19 bits per heavy atom. The minimum absolute atomic E-state index is 0.241. The maximum atomic E-state index is 12.0. The molecule has 0 bridgehead atoms. The van der Waals surface area contributed by atoms with Gasteiger partial charge in [-0.15, -0.1) is 0 Å². The van der Waals surface area contributed by atoms with E-state index in [1.54, 1.807) is 7.11 Å². The Bertz CT molecular complexity index is 636. The van der Waals surface area contributed by atoms with Crippen molar-refractivity contribution in [3.63, 3.8) is 0 Å². The first-order chi connectivity index (χ1) is 10.3. The molecule has 1 aromatic heterocycles. The van der Waals surface area contributed by atoms with E-state index < -0.39 is 0 Å². The van der Waals surface area contributed by atoms with E-state index in [0.29, 0.717) is 25.5 Å². The average molecular weight is 284 g/mol. The molecule has 1 atom stereocenters. The number of benzene rings is 1. The van der Waals surface area contributed by atoms with Crippen LogP contribution in [0.5, 0.6) is 0 Å². The van der Waals surface area contributed by atoms with Crippen molar-refractivity contribution in [1.82, 2.24) is 9.88 Å². The molecule has 1 aromatic carbocycles. The normalized spacial score (nSPS) is 18.6. The molecule has 110 valence electrons. The van der Waals surface area contributed by atoms with Crippen LogP contribution in [0.2, 0.25) is 0 Å². The summed E-state index contributed by atoms with van der Waals surface area (Å²) in [6.07, 6.45) is 5.37. The van der Waals surface area contributed by atoms with Gasteiger partial charge in [0.1, 0.15) is 0 Å². The number of pyridine rings is 1. The van der Waals surface area contributed by atoms with Gasteiger partial charge in [0.2, 0.25) is 5.91 Å². The monoisotopic (exact) mass is 284 g/mol. The van der Waals surface area contributed by atoms with Crippen molar-refractivity contribution < 1.29 is 9.53 Å². The lowest BCUT2D eigenvalue weighted by Gasteiger charge is -2.16. The number of methoxy groups -OCH3 is 1. The maximum absolute atomic E-state index is 12.0. The summed E-state index contributed by atoms with van der Waals surface area (Å²) in [4.78, 5) is 18.2. The van der Waals surface area contributed by atoms with Gasteiger partial charge in [0.15, 0.2) is 0 Å². The van der Waals surface area contributed by atoms with Crippen LogP contribution in [0.15, 0.2) is 36.7 Å². The summed E-state index contributed by atoms with van der Waals surface area (Å²) in [5.74, 6) is 0.618. The Morgan fingerprint density at radius 3 is 3.05 bits per heavy atom. The zero-order chi connectivity index (χ0) is 14.7. The lowest BCUT2D eigenvalue weighted by Crippen LogP contribution is -2.28. The lowest BCUT2D eigenvalue weighted by atomic mass is 9.96. The number of ether oxygens (including phenoxy) is 1. The van der Waals surface area contributed by atoms with Crippen molar-refractivity contribution in [1.29, 1.82) is 0 Å². The molecule has 4 heteroatoms. The molecule has 1 saturated heterocycles. The molecular weight excluding hydrogens is 264 g/mol. The fraction of sp³-hybridized carbons (Fsp3) is 0.412. The van der Waals surface area contributed by atoms with Crippen LogP contribution in [0.3, 0.4) is 0 Å². The van der Waals surface area contributed by atoms with Gasteiger partial charge in [0.25, 0.3) is 0 Å². The van der Waals surface area contributed by atoms with Crippen molar-refractivity contribution in [3.05, 3.63) is 42.2 Å². The summed E-state index contributed by atoms with van der Waals surface area (Å²) in [6.45, 7) is 2.12. The standard InChI is InChI=1S/C17H20N2O2/c1-21-7-6-19-12-13(9-17(19)20)8-15-11-18-10-14-4-2-3-5-16(14)15/h2-5,10-11,13H,6-9,12H2,1H3. The fourth-order valence-electron chi connectivity index (χ4n) is 3.06. The second-order valence-electron chi connectivity index (χ2n) is 5.63. The topological polar surface area (TPSA) is 42.4 Å². The zero-order valence-electron chi connectivity index (χ0n) is 12.3. The van der Waals surface area contributed by atoms with Crippen LogP contribution in [0.25, 0.3) is 10.8 Å². The quantitative estimate of drug-likeness (QED) is 0.846. The van der Waals surface area contributed by atoms with Gasteiger partial charge < -0.3 is 9.64 Å². The first-order valence-electron chi connectivity index (χ1n) is 7.36. The number of rotatable bonds is 5. The molecule has 1 aliphatic heterocycles. The zero-order valence-corrected chi connectivity index (χ0v) is 12.3. The summed E-state index contributed by atoms with van der Waals surface area (Å²) < 4.78 is 5.06. The van der Waals surface area contributed by atoms with Crippen LogP contribution in [-0.2, 0) is 16.0 Å². The lowest BCUT2D eigenvalue weighted by molar-refractivity contribution is -0.128. The number of hydrogen-bond donors (Lipinski definition) is 0. The van der Waals surface area contributed by atoms with Crippen LogP contribution >= 0.6 is 0 Å². The van der Waals surface area contributed by atoms with Crippen LogP contribution in [0, 0.1) is 5.92 Å². The molecule has 0 radical (unpaired) electrons. The van der Waals surface area contributed by atoms with E-state index in [9.17, 15) is 4.79 Å². The van der Waals surface area contributed by atoms with Crippen LogP contribution in [0.4, 0.5) is 0 Å². The molecule has 0 N–H and O–H groups in total. The predicted octanol–water partition coefficient (Wildman–Crippen LogP) is 2.27. The van der Waals surface area contributed by atoms with Gasteiger partial charge in [-0.2, -0.15) is 0 Å². The smallest absolute Gasteiger partial charge is 0.223 e. The Kier molecular flexibility index (Phi) is 4.15. The van der Waals surface area contributed by atoms with Gasteiger partial charge in [0.05, 0.1) is 6.61 Å². The number of hydrogen-bond acceptors (Lipinski definition) is 3. The molecule has 1 unspecified atom stereocenters. The second kappa shape index (κ2) is 6.22. The molecule has 21 heavy (non-hydrogen) atoms. The third-order valence-electron chi connectivity index (χ3n) is 4.12. The van der Waals surface area contributed by atoms with Crippen molar-refractivity contribution in [2.75, 3.05) is 26.8 Å². The Labute approximate surface area is 124 Å². The van der Waals surface area contributed by atoms with Crippen molar-refractivity contribution in [2.45, 2.75) is 12.8 Å². The van der Waals surface area contributed by atoms with E-state index in [4.69, 9.17) is 4.74 Å². The van der Waals surface area contributed by atoms with E-state index in [1.807, 2.05) is 23.4 Å². The third kappa shape index (κ3) is 3.05. The van der Waals surface area contributed by atoms with Gasteiger partial charge in [-0.1, -0.05) is 24.3 Å². The first kappa shape index (κ1) is 14.0. The Morgan fingerprint density at radius 1 is 1.33 bits per heavy atom. The van der Waals surface area contributed by atoms with Gasteiger partial charge in [-0.05, 0) is 23.3 Å². The number of carbonyl (C=O) groups is 1. The second-order valence-corrected chi connectivity index (χ2v) is 5.63. The van der Waals surface area contributed by atoms with E-state index >= 15 is 0 Å². The molecule has 1 fully saturated rings. The van der Waals surface area contributed by atoms with Crippen LogP contribution in [-0.4, -0.2) is 42.6 Å². The number of amides is 1. The van der Waals surface area contributed by atoms with Gasteiger partial charge in [-0.3, -0.25) is 9.78 Å². The number of likely N-dealkylation sites (tertiary alicyclic amines) is 1. The number of nitrogens with zero attached hydrogens (tertiary/aromatic N) is 2. The SMILES string of the molecule is COCCN1CC(Cc2cncc3ccccc23)CC1=O. The van der Waals surface area contributed by atoms with Crippen LogP contribution < -0.4 is 0 Å². The minimum Gasteiger partial charge on any atom is -0.383 e. The van der Waals surface area contributed by atoms with Gasteiger partial charge in [0, 0.05) is 44.4 Å².